The second-order valence-corrected chi connectivity index (χ2v) is 7.00. The van der Waals surface area contributed by atoms with Crippen molar-refractivity contribution in [1.29, 1.82) is 0 Å². The van der Waals surface area contributed by atoms with Gasteiger partial charge in [-0.25, -0.2) is 0 Å². The van der Waals surface area contributed by atoms with Crippen LogP contribution in [0.15, 0.2) is 16.6 Å². The quantitative estimate of drug-likeness (QED) is 0.807. The first-order valence-electron chi connectivity index (χ1n) is 6.61. The zero-order valence-corrected chi connectivity index (χ0v) is 14.6. The third-order valence-corrected chi connectivity index (χ3v) is 4.31. The summed E-state index contributed by atoms with van der Waals surface area (Å²) in [7, 11) is 1.53. The van der Waals surface area contributed by atoms with Crippen LogP contribution in [0.5, 0.6) is 11.5 Å². The Morgan fingerprint density at radius 1 is 1.38 bits per heavy atom. The molecule has 2 aromatic rings. The Balaban J connectivity index is 2.03. The van der Waals surface area contributed by atoms with Crippen molar-refractivity contribution < 1.29 is 9.84 Å². The molecule has 0 saturated heterocycles. The lowest BCUT2D eigenvalue weighted by Crippen LogP contribution is -1.99. The van der Waals surface area contributed by atoms with Gasteiger partial charge in [-0.15, -0.1) is 10.2 Å². The fourth-order valence-corrected chi connectivity index (χ4v) is 3.26. The molecule has 0 unspecified atom stereocenters. The minimum absolute atomic E-state index is 0.108. The molecule has 21 heavy (non-hydrogen) atoms. The Bertz CT molecular complexity index is 616. The van der Waals surface area contributed by atoms with E-state index >= 15 is 0 Å². The predicted molar refractivity (Wildman–Crippen MR) is 88.1 cm³/mol. The number of ether oxygens (including phenoxy) is 1. The van der Waals surface area contributed by atoms with Gasteiger partial charge in [0, 0.05) is 13.0 Å². The minimum atomic E-state index is 0.108. The van der Waals surface area contributed by atoms with Gasteiger partial charge < -0.3 is 15.2 Å². The van der Waals surface area contributed by atoms with Gasteiger partial charge in [0.25, 0.3) is 0 Å². The van der Waals surface area contributed by atoms with Crippen molar-refractivity contribution in [3.63, 3.8) is 0 Å². The monoisotopic (exact) mass is 371 g/mol. The van der Waals surface area contributed by atoms with E-state index in [0.29, 0.717) is 22.7 Å². The molecule has 7 heteroatoms. The van der Waals surface area contributed by atoms with Crippen LogP contribution in [-0.2, 0) is 13.0 Å². The van der Waals surface area contributed by atoms with Gasteiger partial charge in [-0.1, -0.05) is 25.2 Å². The van der Waals surface area contributed by atoms with Crippen molar-refractivity contribution in [3.05, 3.63) is 27.2 Å². The van der Waals surface area contributed by atoms with Crippen LogP contribution in [0, 0.1) is 5.92 Å². The minimum Gasteiger partial charge on any atom is -0.503 e. The second-order valence-electron chi connectivity index (χ2n) is 5.08. The Morgan fingerprint density at radius 3 is 2.81 bits per heavy atom. The third-order valence-electron chi connectivity index (χ3n) is 2.80. The maximum atomic E-state index is 9.78. The van der Waals surface area contributed by atoms with E-state index in [4.69, 9.17) is 4.74 Å². The topological polar surface area (TPSA) is 67.3 Å². The molecule has 0 aliphatic heterocycles. The highest BCUT2D eigenvalue weighted by Crippen LogP contribution is 2.35. The number of hydrogen-bond donors (Lipinski definition) is 2. The summed E-state index contributed by atoms with van der Waals surface area (Å²) >= 11 is 4.88. The summed E-state index contributed by atoms with van der Waals surface area (Å²) < 4.78 is 5.74. The number of phenols is 1. The molecule has 0 fully saturated rings. The maximum Gasteiger partial charge on any atom is 0.205 e. The van der Waals surface area contributed by atoms with Crippen molar-refractivity contribution in [3.8, 4) is 11.5 Å². The normalized spacial score (nSPS) is 10.9. The number of anilines is 1. The molecule has 1 aromatic carbocycles. The number of hydrogen-bond acceptors (Lipinski definition) is 6. The highest BCUT2D eigenvalue weighted by molar-refractivity contribution is 9.10. The molecule has 2 N–H and O–H groups in total. The van der Waals surface area contributed by atoms with E-state index in [-0.39, 0.29) is 5.75 Å². The molecule has 0 saturated carbocycles. The smallest absolute Gasteiger partial charge is 0.205 e. The number of nitrogens with one attached hydrogen (secondary N) is 1. The number of halogens is 1. The molecule has 0 aliphatic carbocycles. The molecule has 0 atom stereocenters. The van der Waals surface area contributed by atoms with Crippen LogP contribution in [0.25, 0.3) is 0 Å². The first-order valence-corrected chi connectivity index (χ1v) is 8.22. The van der Waals surface area contributed by atoms with Gasteiger partial charge in [0.05, 0.1) is 11.6 Å². The molecule has 0 amide bonds. The van der Waals surface area contributed by atoms with Gasteiger partial charge in [-0.3, -0.25) is 0 Å². The lowest BCUT2D eigenvalue weighted by molar-refractivity contribution is 0.371. The van der Waals surface area contributed by atoms with Gasteiger partial charge in [0.15, 0.2) is 11.5 Å². The Hall–Kier alpha value is -1.34. The summed E-state index contributed by atoms with van der Waals surface area (Å²) in [5.74, 6) is 1.12. The fraction of sp³-hybridized carbons (Fsp3) is 0.429. The Morgan fingerprint density at radius 2 is 2.14 bits per heavy atom. The van der Waals surface area contributed by atoms with Crippen molar-refractivity contribution in [1.82, 2.24) is 10.2 Å². The van der Waals surface area contributed by atoms with Gasteiger partial charge in [0.1, 0.15) is 5.01 Å². The van der Waals surface area contributed by atoms with Crippen molar-refractivity contribution in [2.24, 2.45) is 5.92 Å². The van der Waals surface area contributed by atoms with Gasteiger partial charge in [-0.2, -0.15) is 0 Å². The first kappa shape index (κ1) is 16.0. The number of aromatic nitrogens is 2. The summed E-state index contributed by atoms with van der Waals surface area (Å²) in [6.07, 6.45) is 0.942. The number of phenolic OH excluding ortho intramolecular Hbond substituents is 1. The van der Waals surface area contributed by atoms with Crippen LogP contribution >= 0.6 is 27.3 Å². The van der Waals surface area contributed by atoms with Crippen molar-refractivity contribution in [2.45, 2.75) is 26.8 Å². The summed E-state index contributed by atoms with van der Waals surface area (Å²) in [5, 5.41) is 23.2. The summed E-state index contributed by atoms with van der Waals surface area (Å²) in [5.41, 5.74) is 0.983. The van der Waals surface area contributed by atoms with Crippen molar-refractivity contribution >= 4 is 32.4 Å². The van der Waals surface area contributed by atoms with Gasteiger partial charge in [0.2, 0.25) is 5.13 Å². The third kappa shape index (κ3) is 4.31. The van der Waals surface area contributed by atoms with E-state index in [1.807, 2.05) is 6.07 Å². The Labute approximate surface area is 136 Å². The molecule has 5 nitrogen and oxygen atoms in total. The predicted octanol–water partition coefficient (Wildman–Crippen LogP) is 3.83. The van der Waals surface area contributed by atoms with E-state index in [1.165, 1.54) is 7.11 Å². The average Bonchev–Trinajstić information content (AvgIpc) is 2.86. The lowest BCUT2D eigenvalue weighted by Gasteiger charge is -2.09. The molecular formula is C14H18BrN3O2S. The van der Waals surface area contributed by atoms with Crippen molar-refractivity contribution in [2.75, 3.05) is 12.4 Å². The molecule has 2 rings (SSSR count). The molecule has 0 spiro atoms. The molecule has 1 aromatic heterocycles. The first-order chi connectivity index (χ1) is 9.99. The molecule has 114 valence electrons. The van der Waals surface area contributed by atoms with E-state index in [1.54, 1.807) is 17.4 Å². The number of methoxy groups -OCH3 is 1. The van der Waals surface area contributed by atoms with E-state index < -0.39 is 0 Å². The lowest BCUT2D eigenvalue weighted by atomic mass is 10.1. The second kappa shape index (κ2) is 7.09. The standard InChI is InChI=1S/C14H18BrN3O2S/c1-8(2)4-12-17-18-14(21-12)16-7-9-5-10(15)13(19)11(6-9)20-3/h5-6,8,19H,4,7H2,1-3H3,(H,16,18). The summed E-state index contributed by atoms with van der Waals surface area (Å²) in [6.45, 7) is 4.91. The maximum absolute atomic E-state index is 9.78. The van der Waals surface area contributed by atoms with Crippen LogP contribution in [0.3, 0.4) is 0 Å². The molecule has 1 heterocycles. The number of nitrogens with zero attached hydrogens (tertiary/aromatic N) is 2. The van der Waals surface area contributed by atoms with E-state index in [9.17, 15) is 5.11 Å². The van der Waals surface area contributed by atoms with Crippen LogP contribution < -0.4 is 10.1 Å². The molecule has 0 radical (unpaired) electrons. The van der Waals surface area contributed by atoms with Crippen LogP contribution in [0.1, 0.15) is 24.4 Å². The fourth-order valence-electron chi connectivity index (χ4n) is 1.82. The van der Waals surface area contributed by atoms with Crippen LogP contribution in [-0.4, -0.2) is 22.4 Å². The van der Waals surface area contributed by atoms with Gasteiger partial charge in [-0.05, 0) is 39.5 Å². The highest BCUT2D eigenvalue weighted by atomic mass is 79.9. The SMILES string of the molecule is COc1cc(CNc2nnc(CC(C)C)s2)cc(Br)c1O. The molecule has 0 bridgehead atoms. The number of benzene rings is 1. The zero-order valence-electron chi connectivity index (χ0n) is 12.2. The Kier molecular flexibility index (Phi) is 5.41. The van der Waals surface area contributed by atoms with Crippen LogP contribution in [0.4, 0.5) is 5.13 Å². The van der Waals surface area contributed by atoms with Crippen LogP contribution in [0.2, 0.25) is 0 Å². The molecule has 0 aliphatic rings. The van der Waals surface area contributed by atoms with E-state index in [2.05, 4.69) is 45.3 Å². The van der Waals surface area contributed by atoms with Gasteiger partial charge >= 0.3 is 0 Å². The largest absolute Gasteiger partial charge is 0.503 e. The average molecular weight is 372 g/mol. The van der Waals surface area contributed by atoms with E-state index in [0.717, 1.165) is 22.1 Å². The summed E-state index contributed by atoms with van der Waals surface area (Å²) in [6, 6.07) is 3.64. The zero-order chi connectivity index (χ0) is 15.4. The molecular weight excluding hydrogens is 354 g/mol. The number of aromatic hydroxyl groups is 1. The highest BCUT2D eigenvalue weighted by Gasteiger charge is 2.10. The number of rotatable bonds is 6. The summed E-state index contributed by atoms with van der Waals surface area (Å²) in [4.78, 5) is 0.